The first-order valence-corrected chi connectivity index (χ1v) is 14.7. The Hall–Kier alpha value is -2.84. The molecule has 9 nitrogen and oxygen atoms in total. The molecule has 0 aromatic carbocycles. The number of nitrogens with one attached hydrogen (secondary N) is 1. The molecule has 2 N–H and O–H groups in total. The highest BCUT2D eigenvalue weighted by Crippen LogP contribution is 2.53. The molecule has 5 aliphatic rings. The van der Waals surface area contributed by atoms with Crippen molar-refractivity contribution in [3.05, 3.63) is 17.8 Å². The Bertz CT molecular complexity index is 1090. The quantitative estimate of drug-likeness (QED) is 0.483. The van der Waals surface area contributed by atoms with Crippen LogP contribution in [-0.2, 0) is 9.59 Å². The van der Waals surface area contributed by atoms with E-state index < -0.39 is 11.4 Å². The summed E-state index contributed by atoms with van der Waals surface area (Å²) in [7, 11) is 0. The molecule has 1 saturated heterocycles. The molecular formula is C30H44N4O5. The van der Waals surface area contributed by atoms with Gasteiger partial charge in [-0.3, -0.25) is 14.4 Å². The van der Waals surface area contributed by atoms with Crippen molar-refractivity contribution in [3.63, 3.8) is 0 Å². The number of hydrogen-bond acceptors (Lipinski definition) is 5. The minimum absolute atomic E-state index is 0.0563. The van der Waals surface area contributed by atoms with Crippen molar-refractivity contribution >= 4 is 24.0 Å². The lowest BCUT2D eigenvalue weighted by molar-refractivity contribution is -0.147. The smallest absolute Gasteiger partial charge is 0.306 e. The van der Waals surface area contributed by atoms with E-state index in [9.17, 15) is 19.5 Å². The molecule has 0 spiro atoms. The van der Waals surface area contributed by atoms with Crippen molar-refractivity contribution < 1.29 is 24.2 Å². The van der Waals surface area contributed by atoms with Crippen LogP contribution in [0.3, 0.4) is 0 Å². The third kappa shape index (κ3) is 5.87. The Labute approximate surface area is 231 Å². The number of rotatable bonds is 9. The second-order valence-corrected chi connectivity index (χ2v) is 13.4. The van der Waals surface area contributed by atoms with Crippen LogP contribution >= 0.6 is 0 Å². The molecule has 214 valence electrons. The second-order valence-electron chi connectivity index (χ2n) is 13.4. The van der Waals surface area contributed by atoms with Crippen LogP contribution in [0.4, 0.5) is 0 Å². The van der Waals surface area contributed by atoms with Gasteiger partial charge in [-0.1, -0.05) is 19.9 Å². The van der Waals surface area contributed by atoms with Crippen LogP contribution in [0.5, 0.6) is 5.88 Å². The van der Waals surface area contributed by atoms with E-state index in [2.05, 4.69) is 24.3 Å². The predicted octanol–water partition coefficient (Wildman–Crippen LogP) is 4.29. The summed E-state index contributed by atoms with van der Waals surface area (Å²) in [6.45, 7) is 9.11. The fourth-order valence-electron chi connectivity index (χ4n) is 7.46. The predicted molar refractivity (Wildman–Crippen MR) is 147 cm³/mol. The lowest BCUT2D eigenvalue weighted by atomic mass is 9.54. The van der Waals surface area contributed by atoms with Gasteiger partial charge in [-0.25, -0.2) is 4.68 Å². The van der Waals surface area contributed by atoms with Crippen LogP contribution in [0.15, 0.2) is 12.3 Å². The zero-order chi connectivity index (χ0) is 27.9. The standard InChI is InChI=1S/C30H44N4O5/c1-18(2)17-39-27-24(26(35)32-25-22-12-19-11-20(14-22)15-23(25)13-19)16-31-34(27)10-7-30(3,4)29(38)33-8-5-21(6-9-33)28(36)37/h7,10,16,18-23,25H,5-6,8-9,11-15,17H2,1-4H3,(H,32,35)(H,36,37)/b10-7+. The summed E-state index contributed by atoms with van der Waals surface area (Å²) >= 11 is 0. The number of carbonyl (C=O) groups excluding carboxylic acids is 2. The van der Waals surface area contributed by atoms with E-state index in [1.54, 1.807) is 28.1 Å². The Morgan fingerprint density at radius 3 is 2.28 bits per heavy atom. The number of carboxylic acid groups (broad SMARTS) is 1. The molecule has 2 amide bonds. The first-order valence-electron chi connectivity index (χ1n) is 14.7. The van der Waals surface area contributed by atoms with Gasteiger partial charge < -0.3 is 20.1 Å². The number of nitrogens with zero attached hydrogens (tertiary/aromatic N) is 3. The summed E-state index contributed by atoms with van der Waals surface area (Å²) in [5, 5.41) is 17.1. The van der Waals surface area contributed by atoms with E-state index in [1.165, 1.54) is 32.1 Å². The Morgan fingerprint density at radius 2 is 1.72 bits per heavy atom. The van der Waals surface area contributed by atoms with Crippen molar-refractivity contribution in [2.75, 3.05) is 19.7 Å². The summed E-state index contributed by atoms with van der Waals surface area (Å²) in [4.78, 5) is 39.8. The summed E-state index contributed by atoms with van der Waals surface area (Å²) in [6, 6.07) is 0.226. The average molecular weight is 541 g/mol. The van der Waals surface area contributed by atoms with Gasteiger partial charge in [0.2, 0.25) is 11.8 Å². The van der Waals surface area contributed by atoms with Gasteiger partial charge in [0.25, 0.3) is 5.91 Å². The van der Waals surface area contributed by atoms with Crippen LogP contribution in [0.25, 0.3) is 6.20 Å². The average Bonchev–Trinajstić information content (AvgIpc) is 3.30. The maximum Gasteiger partial charge on any atom is 0.306 e. The third-order valence-corrected chi connectivity index (χ3v) is 9.39. The van der Waals surface area contributed by atoms with Crippen molar-refractivity contribution in [1.82, 2.24) is 20.0 Å². The molecule has 4 aliphatic carbocycles. The van der Waals surface area contributed by atoms with Gasteiger partial charge in [0.15, 0.2) is 0 Å². The van der Waals surface area contributed by atoms with E-state index in [4.69, 9.17) is 4.74 Å². The number of ether oxygens (including phenoxy) is 1. The zero-order valence-corrected chi connectivity index (χ0v) is 23.8. The Balaban J connectivity index is 1.29. The molecule has 0 atom stereocenters. The van der Waals surface area contributed by atoms with Gasteiger partial charge in [-0.05, 0) is 88.4 Å². The Kier molecular flexibility index (Phi) is 7.80. The molecule has 1 aromatic heterocycles. The molecule has 5 fully saturated rings. The zero-order valence-electron chi connectivity index (χ0n) is 23.8. The normalized spacial score (nSPS) is 28.8. The first kappa shape index (κ1) is 27.7. The fourth-order valence-corrected chi connectivity index (χ4v) is 7.46. The second kappa shape index (κ2) is 11.0. The number of hydrogen-bond donors (Lipinski definition) is 2. The van der Waals surface area contributed by atoms with Gasteiger partial charge in [0, 0.05) is 25.3 Å². The van der Waals surface area contributed by atoms with E-state index in [0.29, 0.717) is 55.8 Å². The number of amides is 2. The molecule has 2 heterocycles. The van der Waals surface area contributed by atoms with Crippen LogP contribution < -0.4 is 10.1 Å². The van der Waals surface area contributed by atoms with Gasteiger partial charge in [0.05, 0.1) is 24.1 Å². The number of piperidine rings is 1. The maximum atomic E-state index is 13.5. The molecule has 4 bridgehead atoms. The molecule has 0 radical (unpaired) electrons. The van der Waals surface area contributed by atoms with Crippen molar-refractivity contribution in [2.45, 2.75) is 78.7 Å². The van der Waals surface area contributed by atoms with Crippen molar-refractivity contribution in [3.8, 4) is 5.88 Å². The van der Waals surface area contributed by atoms with Gasteiger partial charge >= 0.3 is 5.97 Å². The molecule has 0 unspecified atom stereocenters. The van der Waals surface area contributed by atoms with Crippen LogP contribution in [0.2, 0.25) is 0 Å². The van der Waals surface area contributed by atoms with Crippen LogP contribution in [0, 0.1) is 40.9 Å². The molecule has 1 aromatic rings. The van der Waals surface area contributed by atoms with E-state index in [1.807, 2.05) is 13.8 Å². The topological polar surface area (TPSA) is 114 Å². The van der Waals surface area contributed by atoms with E-state index in [0.717, 1.165) is 11.8 Å². The number of likely N-dealkylation sites (tertiary alicyclic amines) is 1. The van der Waals surface area contributed by atoms with Crippen LogP contribution in [-0.4, -0.2) is 63.3 Å². The first-order chi connectivity index (χ1) is 18.5. The number of carboxylic acids is 1. The van der Waals surface area contributed by atoms with Crippen molar-refractivity contribution in [1.29, 1.82) is 0 Å². The number of aliphatic carboxylic acids is 1. The Morgan fingerprint density at radius 1 is 1.10 bits per heavy atom. The monoisotopic (exact) mass is 540 g/mol. The minimum atomic E-state index is -0.833. The molecule has 4 saturated carbocycles. The largest absolute Gasteiger partial charge is 0.481 e. The molecule has 1 aliphatic heterocycles. The lowest BCUT2D eigenvalue weighted by Crippen LogP contribution is -2.55. The van der Waals surface area contributed by atoms with E-state index >= 15 is 0 Å². The SMILES string of the molecule is CC(C)COc1c(C(=O)NC2C3CC4CC(C3)CC2C4)cnn1/C=C/C(C)(C)C(=O)N1CCC(C(=O)O)CC1. The molecule has 39 heavy (non-hydrogen) atoms. The van der Waals surface area contributed by atoms with Gasteiger partial charge in [-0.15, -0.1) is 0 Å². The highest BCUT2D eigenvalue weighted by molar-refractivity contribution is 5.96. The minimum Gasteiger partial charge on any atom is -0.481 e. The molecular weight excluding hydrogens is 496 g/mol. The highest BCUT2D eigenvalue weighted by Gasteiger charge is 2.48. The summed E-state index contributed by atoms with van der Waals surface area (Å²) in [5.41, 5.74) is -0.408. The van der Waals surface area contributed by atoms with Crippen molar-refractivity contribution in [2.24, 2.45) is 40.9 Å². The maximum absolute atomic E-state index is 13.5. The number of carbonyl (C=O) groups is 3. The summed E-state index contributed by atoms with van der Waals surface area (Å²) in [6.07, 6.45) is 12.3. The van der Waals surface area contributed by atoms with Crippen LogP contribution in [0.1, 0.15) is 83.0 Å². The molecule has 6 rings (SSSR count). The lowest BCUT2D eigenvalue weighted by Gasteiger charge is -2.54. The van der Waals surface area contributed by atoms with E-state index in [-0.39, 0.29) is 29.7 Å². The summed E-state index contributed by atoms with van der Waals surface area (Å²) < 4.78 is 7.67. The van der Waals surface area contributed by atoms with Gasteiger partial charge in [0.1, 0.15) is 5.56 Å². The highest BCUT2D eigenvalue weighted by atomic mass is 16.5. The van der Waals surface area contributed by atoms with Gasteiger partial charge in [-0.2, -0.15) is 5.10 Å². The molecule has 9 heteroatoms. The fraction of sp³-hybridized carbons (Fsp3) is 0.733. The third-order valence-electron chi connectivity index (χ3n) is 9.39. The number of aromatic nitrogens is 2. The summed E-state index contributed by atoms with van der Waals surface area (Å²) in [5.74, 6) is 2.12.